The highest BCUT2D eigenvalue weighted by Crippen LogP contribution is 2.33. The molecule has 2 aliphatic heterocycles. The summed E-state index contributed by atoms with van der Waals surface area (Å²) in [4.78, 5) is 53.8. The molecule has 0 radical (unpaired) electrons. The van der Waals surface area contributed by atoms with E-state index in [-0.39, 0.29) is 10.8 Å². The number of hydrogen-bond acceptors (Lipinski definition) is 15. The minimum atomic E-state index is -5.01. The molecule has 2 fully saturated rings. The fraction of sp³-hybridized carbons (Fsp3) is 0.385. The lowest BCUT2D eigenvalue weighted by molar-refractivity contribution is -0.218. The van der Waals surface area contributed by atoms with E-state index in [1.165, 1.54) is 19.2 Å². The molecule has 18 nitrogen and oxygen atoms in total. The summed E-state index contributed by atoms with van der Waals surface area (Å²) in [6.07, 6.45) is -1.68. The molecular formula is C26H30N8O10S2. The number of oxime groups is 1. The van der Waals surface area contributed by atoms with Crippen LogP contribution in [0.4, 0.5) is 10.9 Å². The topological polar surface area (TPSA) is 248 Å². The Bertz CT molecular complexity index is 1790. The van der Waals surface area contributed by atoms with Crippen molar-refractivity contribution < 1.29 is 46.3 Å². The highest BCUT2D eigenvalue weighted by molar-refractivity contribution is 7.80. The van der Waals surface area contributed by atoms with Crippen molar-refractivity contribution in [1.82, 2.24) is 25.7 Å². The third-order valence-electron chi connectivity index (χ3n) is 7.14. The van der Waals surface area contributed by atoms with Crippen LogP contribution in [0.1, 0.15) is 19.5 Å². The largest absolute Gasteiger partial charge is 0.489 e. The molecule has 2 amide bonds. The van der Waals surface area contributed by atoms with Crippen LogP contribution in [0.5, 0.6) is 5.75 Å². The number of pyridine rings is 1. The number of nitrogens with two attached hydrogens (primary N) is 1. The summed E-state index contributed by atoms with van der Waals surface area (Å²) in [6.45, 7) is 5.67. The lowest BCUT2D eigenvalue weighted by atomic mass is 9.84. The number of benzene rings is 1. The Balaban J connectivity index is 1.28. The summed E-state index contributed by atoms with van der Waals surface area (Å²) in [7, 11) is -5.01. The smallest absolute Gasteiger partial charge is 0.418 e. The third kappa shape index (κ3) is 7.26. The number of rotatable bonds is 12. The average Bonchev–Trinajstić information content (AvgIpc) is 3.45. The van der Waals surface area contributed by atoms with Crippen LogP contribution in [-0.4, -0.2) is 107 Å². The Morgan fingerprint density at radius 2 is 1.98 bits per heavy atom. The number of carboxylic acids is 1. The van der Waals surface area contributed by atoms with Crippen molar-refractivity contribution in [1.29, 1.82) is 0 Å². The molecule has 3 aromatic rings. The van der Waals surface area contributed by atoms with Crippen molar-refractivity contribution in [3.63, 3.8) is 0 Å². The number of piperazine rings is 1. The summed E-state index contributed by atoms with van der Waals surface area (Å²) in [6, 6.07) is 7.58. The van der Waals surface area contributed by atoms with Crippen LogP contribution in [0.3, 0.4) is 0 Å². The number of carbonyl (C=O) groups excluding carboxylic acids is 2. The van der Waals surface area contributed by atoms with Crippen molar-refractivity contribution in [3.8, 4) is 5.75 Å². The number of fused-ring (bicyclic) bond motifs is 1. The van der Waals surface area contributed by atoms with Crippen LogP contribution in [0.2, 0.25) is 0 Å². The predicted octanol–water partition coefficient (Wildman–Crippen LogP) is -0.224. The van der Waals surface area contributed by atoms with E-state index >= 15 is 0 Å². The number of carbonyl (C=O) groups is 3. The SMILES string of the molecule is CC1(C)[C@H](NC(=O)/C(=N\OC(COc2ccc3nc(N4CCNCC4)ccc3c2)C(=O)O)c2csc(N)n2)C(=O)N1OS(=O)(=O)O. The summed E-state index contributed by atoms with van der Waals surface area (Å²) >= 11 is 0.963. The highest BCUT2D eigenvalue weighted by Gasteiger charge is 2.58. The fourth-order valence-electron chi connectivity index (χ4n) is 4.71. The number of aliphatic carboxylic acids is 1. The van der Waals surface area contributed by atoms with Gasteiger partial charge in [-0.25, -0.2) is 14.8 Å². The number of amides is 2. The van der Waals surface area contributed by atoms with Crippen molar-refractivity contribution in [2.75, 3.05) is 43.4 Å². The number of thiazole rings is 1. The number of hydrogen-bond donors (Lipinski definition) is 5. The van der Waals surface area contributed by atoms with Gasteiger partial charge in [-0.2, -0.15) is 13.5 Å². The first kappa shape index (κ1) is 32.8. The van der Waals surface area contributed by atoms with Gasteiger partial charge in [0.2, 0.25) is 0 Å². The van der Waals surface area contributed by atoms with Crippen LogP contribution >= 0.6 is 11.3 Å². The lowest BCUT2D eigenvalue weighted by Crippen LogP contribution is -2.76. The minimum absolute atomic E-state index is 0.0623. The molecule has 2 aliphatic rings. The van der Waals surface area contributed by atoms with E-state index in [2.05, 4.69) is 30.0 Å². The number of ether oxygens (including phenoxy) is 1. The summed E-state index contributed by atoms with van der Waals surface area (Å²) in [5.41, 5.74) is 4.41. The molecule has 2 aromatic heterocycles. The van der Waals surface area contributed by atoms with Gasteiger partial charge in [-0.05, 0) is 44.2 Å². The second-order valence-electron chi connectivity index (χ2n) is 10.7. The zero-order valence-corrected chi connectivity index (χ0v) is 26.1. The van der Waals surface area contributed by atoms with Crippen LogP contribution < -0.4 is 26.0 Å². The van der Waals surface area contributed by atoms with Crippen molar-refractivity contribution >= 4 is 67.1 Å². The predicted molar refractivity (Wildman–Crippen MR) is 163 cm³/mol. The number of aromatic nitrogens is 2. The summed E-state index contributed by atoms with van der Waals surface area (Å²) < 4.78 is 41.1. The molecule has 6 N–H and O–H groups in total. The maximum absolute atomic E-state index is 13.2. The molecule has 2 saturated heterocycles. The summed E-state index contributed by atoms with van der Waals surface area (Å²) in [5.74, 6) is -2.25. The standard InChI is InChI=1S/C26H30N8O10S2/c1-26(2)21(23(36)34(26)44-46(39,40)41)31-22(35)20(17-13-45-25(27)30-17)32-43-18(24(37)38)12-42-15-4-5-16-14(11-15)3-6-19(29-16)33-9-7-28-8-10-33/h3-6,11,13,18,21,28H,7-10,12H2,1-2H3,(H2,27,30)(H,31,35)(H,37,38)(H,39,40,41)/b32-20-/t18?,21-/m1/s1. The van der Waals surface area contributed by atoms with E-state index < -0.39 is 58.2 Å². The molecule has 4 heterocycles. The Morgan fingerprint density at radius 3 is 2.61 bits per heavy atom. The van der Waals surface area contributed by atoms with E-state index in [1.807, 2.05) is 12.1 Å². The van der Waals surface area contributed by atoms with Gasteiger partial charge in [-0.15, -0.1) is 15.6 Å². The molecule has 246 valence electrons. The first-order valence-corrected chi connectivity index (χ1v) is 16.0. The summed E-state index contributed by atoms with van der Waals surface area (Å²) in [5, 5.41) is 21.7. The Labute approximate surface area is 266 Å². The second-order valence-corrected chi connectivity index (χ2v) is 12.6. The molecular weight excluding hydrogens is 648 g/mol. The van der Waals surface area contributed by atoms with Crippen LogP contribution in [0, 0.1) is 0 Å². The molecule has 20 heteroatoms. The van der Waals surface area contributed by atoms with Crippen molar-refractivity contribution in [2.45, 2.75) is 31.5 Å². The highest BCUT2D eigenvalue weighted by atomic mass is 32.3. The number of nitrogens with one attached hydrogen (secondary N) is 2. The first-order chi connectivity index (χ1) is 21.7. The zero-order chi connectivity index (χ0) is 33.2. The average molecular weight is 679 g/mol. The molecule has 46 heavy (non-hydrogen) atoms. The quantitative estimate of drug-likeness (QED) is 0.0719. The molecule has 0 spiro atoms. The maximum Gasteiger partial charge on any atom is 0.418 e. The van der Waals surface area contributed by atoms with E-state index in [1.54, 1.807) is 18.2 Å². The molecule has 5 rings (SSSR count). The van der Waals surface area contributed by atoms with E-state index in [0.29, 0.717) is 10.8 Å². The second kappa shape index (κ2) is 13.0. The minimum Gasteiger partial charge on any atom is -0.489 e. The third-order valence-corrected chi connectivity index (χ3v) is 8.15. The number of nitrogen functional groups attached to an aromatic ring is 1. The Hall–Kier alpha value is -4.63. The van der Waals surface area contributed by atoms with Crippen molar-refractivity contribution in [2.24, 2.45) is 5.16 Å². The number of anilines is 2. The zero-order valence-electron chi connectivity index (χ0n) is 24.4. The lowest BCUT2D eigenvalue weighted by Gasteiger charge is -2.50. The van der Waals surface area contributed by atoms with Crippen LogP contribution in [0.15, 0.2) is 40.9 Å². The number of nitrogens with zero attached hydrogens (tertiary/aromatic N) is 5. The van der Waals surface area contributed by atoms with E-state index in [4.69, 9.17) is 24.8 Å². The van der Waals surface area contributed by atoms with E-state index in [9.17, 15) is 27.9 Å². The van der Waals surface area contributed by atoms with Gasteiger partial charge in [0.25, 0.3) is 17.9 Å². The Kier molecular flexibility index (Phi) is 9.26. The monoisotopic (exact) mass is 678 g/mol. The van der Waals surface area contributed by atoms with Gasteiger partial charge in [0.15, 0.2) is 10.8 Å². The van der Waals surface area contributed by atoms with E-state index in [0.717, 1.165) is 54.2 Å². The van der Waals surface area contributed by atoms with Crippen LogP contribution in [0.25, 0.3) is 10.9 Å². The van der Waals surface area contributed by atoms with Gasteiger partial charge in [-0.3, -0.25) is 14.1 Å². The van der Waals surface area contributed by atoms with Gasteiger partial charge < -0.3 is 35.9 Å². The molecule has 1 unspecified atom stereocenters. The molecule has 2 atom stereocenters. The van der Waals surface area contributed by atoms with Crippen molar-refractivity contribution in [3.05, 3.63) is 41.4 Å². The molecule has 0 saturated carbocycles. The number of carboxylic acid groups (broad SMARTS) is 1. The van der Waals surface area contributed by atoms with Gasteiger partial charge in [0, 0.05) is 36.9 Å². The molecule has 0 bridgehead atoms. The van der Waals surface area contributed by atoms with Gasteiger partial charge in [0.05, 0.1) is 11.1 Å². The first-order valence-electron chi connectivity index (χ1n) is 13.7. The van der Waals surface area contributed by atoms with Gasteiger partial charge in [0.1, 0.15) is 29.9 Å². The van der Waals surface area contributed by atoms with Crippen LogP contribution in [-0.2, 0) is 33.9 Å². The van der Waals surface area contributed by atoms with Gasteiger partial charge in [-0.1, -0.05) is 5.16 Å². The normalized spacial score (nSPS) is 19.0. The Morgan fingerprint density at radius 1 is 1.24 bits per heavy atom. The number of hydroxylamine groups is 2. The molecule has 1 aromatic carbocycles. The van der Waals surface area contributed by atoms with Gasteiger partial charge >= 0.3 is 16.4 Å². The maximum atomic E-state index is 13.2. The molecule has 0 aliphatic carbocycles. The number of β-lactam (4-membered cyclic amide) rings is 1. The fourth-order valence-corrected chi connectivity index (χ4v) is 5.71.